The Kier molecular flexibility index (Phi) is 1.70. The fourth-order valence-corrected chi connectivity index (χ4v) is 0.520. The molecule has 8 heavy (non-hydrogen) atoms. The SMILES string of the molecule is ClC1=NC=NCN1Cl. The van der Waals surface area contributed by atoms with Crippen molar-refractivity contribution in [3.8, 4) is 0 Å². The minimum atomic E-state index is 0.265. The van der Waals surface area contributed by atoms with Gasteiger partial charge >= 0.3 is 0 Å². The lowest BCUT2D eigenvalue weighted by atomic mass is 10.9. The van der Waals surface area contributed by atoms with E-state index in [2.05, 4.69) is 9.98 Å². The first-order valence-corrected chi connectivity index (χ1v) is 2.67. The van der Waals surface area contributed by atoms with Gasteiger partial charge in [0, 0.05) is 11.8 Å². The van der Waals surface area contributed by atoms with Gasteiger partial charge in [0.05, 0.1) is 0 Å². The molecular formula is C3H3Cl2N3. The maximum Gasteiger partial charge on any atom is 0.216 e. The van der Waals surface area contributed by atoms with Crippen LogP contribution in [0, 0.1) is 0 Å². The summed E-state index contributed by atoms with van der Waals surface area (Å²) in [6.45, 7) is 0.379. The molecule has 0 bridgehead atoms. The minimum Gasteiger partial charge on any atom is -0.251 e. The average molecular weight is 152 g/mol. The maximum atomic E-state index is 5.42. The number of nitrogens with zero attached hydrogens (tertiary/aromatic N) is 3. The topological polar surface area (TPSA) is 28.0 Å². The molecule has 0 fully saturated rings. The zero-order valence-corrected chi connectivity index (χ0v) is 5.39. The summed E-state index contributed by atoms with van der Waals surface area (Å²) in [6.07, 6.45) is 1.38. The molecule has 0 unspecified atom stereocenters. The van der Waals surface area contributed by atoms with Crippen LogP contribution in [0.1, 0.15) is 0 Å². The molecule has 1 heterocycles. The van der Waals surface area contributed by atoms with Crippen LogP contribution in [-0.4, -0.2) is 22.7 Å². The van der Waals surface area contributed by atoms with Gasteiger partial charge in [-0.3, -0.25) is 4.99 Å². The van der Waals surface area contributed by atoms with Crippen molar-refractivity contribution in [2.45, 2.75) is 0 Å². The summed E-state index contributed by atoms with van der Waals surface area (Å²) >= 11 is 10.8. The summed E-state index contributed by atoms with van der Waals surface area (Å²) in [5, 5.41) is 0.265. The van der Waals surface area contributed by atoms with E-state index >= 15 is 0 Å². The number of hydrogen-bond acceptors (Lipinski definition) is 3. The van der Waals surface area contributed by atoms with Crippen molar-refractivity contribution < 1.29 is 0 Å². The highest BCUT2D eigenvalue weighted by atomic mass is 35.5. The van der Waals surface area contributed by atoms with E-state index in [1.165, 1.54) is 10.8 Å². The van der Waals surface area contributed by atoms with Gasteiger partial charge in [-0.15, -0.1) is 0 Å². The summed E-state index contributed by atoms with van der Waals surface area (Å²) in [6, 6.07) is 0. The Bertz CT molecular complexity index is 141. The standard InChI is InChI=1S/C3H3Cl2N3/c4-3-7-1-6-2-8(3)5/h1H,2H2. The third-order valence-electron chi connectivity index (χ3n) is 0.652. The Morgan fingerprint density at radius 1 is 1.75 bits per heavy atom. The van der Waals surface area contributed by atoms with Gasteiger partial charge in [0.1, 0.15) is 13.0 Å². The van der Waals surface area contributed by atoms with Crippen molar-refractivity contribution in [2.24, 2.45) is 9.98 Å². The van der Waals surface area contributed by atoms with Crippen LogP contribution in [0.3, 0.4) is 0 Å². The van der Waals surface area contributed by atoms with Crippen molar-refractivity contribution in [2.75, 3.05) is 6.67 Å². The lowest BCUT2D eigenvalue weighted by molar-refractivity contribution is 0.679. The molecule has 1 rings (SSSR count). The molecule has 3 nitrogen and oxygen atoms in total. The smallest absolute Gasteiger partial charge is 0.216 e. The van der Waals surface area contributed by atoms with Crippen LogP contribution < -0.4 is 0 Å². The molecule has 0 spiro atoms. The molecule has 0 aliphatic carbocycles. The molecule has 0 N–H and O–H groups in total. The van der Waals surface area contributed by atoms with Crippen LogP contribution in [0.2, 0.25) is 0 Å². The van der Waals surface area contributed by atoms with Gasteiger partial charge < -0.3 is 0 Å². The molecule has 0 atom stereocenters. The number of amidine groups is 1. The van der Waals surface area contributed by atoms with E-state index in [0.717, 1.165) is 0 Å². The number of rotatable bonds is 0. The number of hydrogen-bond donors (Lipinski definition) is 0. The first-order valence-electron chi connectivity index (χ1n) is 1.95. The minimum absolute atomic E-state index is 0.265. The van der Waals surface area contributed by atoms with Crippen molar-refractivity contribution in [3.05, 3.63) is 0 Å². The highest BCUT2D eigenvalue weighted by Gasteiger charge is 2.05. The van der Waals surface area contributed by atoms with E-state index < -0.39 is 0 Å². The molecular weight excluding hydrogens is 149 g/mol. The van der Waals surface area contributed by atoms with E-state index in [1.54, 1.807) is 0 Å². The van der Waals surface area contributed by atoms with Crippen molar-refractivity contribution >= 4 is 35.0 Å². The van der Waals surface area contributed by atoms with Gasteiger partial charge in [-0.2, -0.15) is 0 Å². The summed E-state index contributed by atoms with van der Waals surface area (Å²) in [5.41, 5.74) is 0. The van der Waals surface area contributed by atoms with E-state index in [4.69, 9.17) is 23.4 Å². The zero-order valence-electron chi connectivity index (χ0n) is 3.88. The molecule has 44 valence electrons. The second-order valence-corrected chi connectivity index (χ2v) is 1.95. The summed E-state index contributed by atoms with van der Waals surface area (Å²) in [5.74, 6) is 0. The van der Waals surface area contributed by atoms with Gasteiger partial charge in [0.25, 0.3) is 0 Å². The van der Waals surface area contributed by atoms with E-state index in [-0.39, 0.29) is 5.29 Å². The molecule has 0 aromatic heterocycles. The van der Waals surface area contributed by atoms with Crippen molar-refractivity contribution in [3.63, 3.8) is 0 Å². The summed E-state index contributed by atoms with van der Waals surface area (Å²) in [7, 11) is 0. The second kappa shape index (κ2) is 2.33. The quantitative estimate of drug-likeness (QED) is 0.376. The normalized spacial score (nSPS) is 18.8. The Morgan fingerprint density at radius 3 is 2.88 bits per heavy atom. The van der Waals surface area contributed by atoms with Crippen LogP contribution in [0.25, 0.3) is 0 Å². The lowest BCUT2D eigenvalue weighted by Gasteiger charge is -2.10. The number of aliphatic imine (C=N–C) groups is 2. The molecule has 0 aromatic rings. The van der Waals surface area contributed by atoms with Gasteiger partial charge in [0.2, 0.25) is 5.29 Å². The third kappa shape index (κ3) is 1.11. The van der Waals surface area contributed by atoms with Gasteiger partial charge in [0.15, 0.2) is 0 Å². The van der Waals surface area contributed by atoms with Crippen LogP contribution in [0.15, 0.2) is 9.98 Å². The molecule has 1 aliphatic rings. The van der Waals surface area contributed by atoms with Crippen molar-refractivity contribution in [1.29, 1.82) is 0 Å². The third-order valence-corrected chi connectivity index (χ3v) is 1.31. The zero-order chi connectivity index (χ0) is 5.98. The highest BCUT2D eigenvalue weighted by molar-refractivity contribution is 6.67. The molecule has 0 radical (unpaired) electrons. The summed E-state index contributed by atoms with van der Waals surface area (Å²) in [4.78, 5) is 7.30. The molecule has 0 saturated heterocycles. The molecule has 0 saturated carbocycles. The maximum absolute atomic E-state index is 5.42. The Balaban J connectivity index is 2.66. The Labute approximate surface area is 56.7 Å². The first-order chi connectivity index (χ1) is 3.80. The summed E-state index contributed by atoms with van der Waals surface area (Å²) < 4.78 is 1.22. The first kappa shape index (κ1) is 5.85. The van der Waals surface area contributed by atoms with Gasteiger partial charge in [-0.1, -0.05) is 0 Å². The Hall–Kier alpha value is -0.280. The molecule has 0 aromatic carbocycles. The van der Waals surface area contributed by atoms with Crippen LogP contribution in [0.4, 0.5) is 0 Å². The van der Waals surface area contributed by atoms with Crippen LogP contribution in [-0.2, 0) is 0 Å². The number of halogens is 2. The lowest BCUT2D eigenvalue weighted by Crippen LogP contribution is -2.19. The largest absolute Gasteiger partial charge is 0.251 e. The second-order valence-electron chi connectivity index (χ2n) is 1.20. The molecule has 1 aliphatic heterocycles. The van der Waals surface area contributed by atoms with Gasteiger partial charge in [-0.25, -0.2) is 9.41 Å². The fourth-order valence-electron chi connectivity index (χ4n) is 0.318. The predicted octanol–water partition coefficient (Wildman–Crippen LogP) is 1.04. The molecule has 0 amide bonds. The van der Waals surface area contributed by atoms with E-state index in [9.17, 15) is 0 Å². The average Bonchev–Trinajstić information content (AvgIpc) is 1.77. The van der Waals surface area contributed by atoms with E-state index in [0.29, 0.717) is 6.67 Å². The Morgan fingerprint density at radius 2 is 2.50 bits per heavy atom. The van der Waals surface area contributed by atoms with Crippen LogP contribution in [0.5, 0.6) is 0 Å². The predicted molar refractivity (Wildman–Crippen MR) is 34.3 cm³/mol. The monoisotopic (exact) mass is 151 g/mol. The molecule has 5 heteroatoms. The fraction of sp³-hybridized carbons (Fsp3) is 0.333. The van der Waals surface area contributed by atoms with Gasteiger partial charge in [-0.05, 0) is 11.6 Å². The van der Waals surface area contributed by atoms with Crippen LogP contribution >= 0.6 is 23.4 Å². The van der Waals surface area contributed by atoms with E-state index in [1.807, 2.05) is 0 Å². The van der Waals surface area contributed by atoms with Crippen molar-refractivity contribution in [1.82, 2.24) is 4.42 Å². The highest BCUT2D eigenvalue weighted by Crippen LogP contribution is 2.03.